The van der Waals surface area contributed by atoms with Gasteiger partial charge in [-0.1, -0.05) is 30.0 Å². The Morgan fingerprint density at radius 3 is 3.00 bits per heavy atom. The summed E-state index contributed by atoms with van der Waals surface area (Å²) < 4.78 is 21.0. The van der Waals surface area contributed by atoms with Crippen LogP contribution in [0.1, 0.15) is 5.56 Å². The number of thioether (sulfide) groups is 1. The number of rotatable bonds is 3. The summed E-state index contributed by atoms with van der Waals surface area (Å²) in [5.41, 5.74) is 3.31. The third-order valence-electron chi connectivity index (χ3n) is 3.32. The van der Waals surface area contributed by atoms with Crippen molar-refractivity contribution in [1.29, 1.82) is 0 Å². The van der Waals surface area contributed by atoms with Gasteiger partial charge in [0.15, 0.2) is 5.58 Å². The van der Waals surface area contributed by atoms with Crippen LogP contribution in [0.25, 0.3) is 16.6 Å². The molecule has 0 radical (unpaired) electrons. The van der Waals surface area contributed by atoms with E-state index in [0.717, 1.165) is 21.6 Å². The van der Waals surface area contributed by atoms with Crippen LogP contribution in [0.3, 0.4) is 0 Å². The van der Waals surface area contributed by atoms with Crippen molar-refractivity contribution < 1.29 is 8.81 Å². The van der Waals surface area contributed by atoms with Gasteiger partial charge < -0.3 is 4.42 Å². The number of fused-ring (bicyclic) bond motifs is 3. The van der Waals surface area contributed by atoms with Gasteiger partial charge in [-0.25, -0.2) is 4.39 Å². The molecule has 0 aliphatic rings. The molecule has 0 aliphatic heterocycles. The maximum Gasteiger partial charge on any atom is 0.152 e. The van der Waals surface area contributed by atoms with Crippen molar-refractivity contribution in [2.45, 2.75) is 10.8 Å². The predicted molar refractivity (Wildman–Crippen MR) is 78.7 cm³/mol. The summed E-state index contributed by atoms with van der Waals surface area (Å²) in [7, 11) is 0. The van der Waals surface area contributed by atoms with Crippen molar-refractivity contribution in [3.63, 3.8) is 0 Å². The summed E-state index contributed by atoms with van der Waals surface area (Å²) in [5, 5.41) is 8.92. The van der Waals surface area contributed by atoms with Crippen molar-refractivity contribution in [1.82, 2.24) is 14.6 Å². The summed E-state index contributed by atoms with van der Waals surface area (Å²) in [6, 6.07) is 10.6. The zero-order chi connectivity index (χ0) is 14.2. The van der Waals surface area contributed by atoms with E-state index in [0.29, 0.717) is 11.3 Å². The molecule has 0 spiro atoms. The highest BCUT2D eigenvalue weighted by atomic mass is 32.2. The summed E-state index contributed by atoms with van der Waals surface area (Å²) in [5.74, 6) is 0.308. The molecule has 0 aliphatic carbocycles. The molecular formula is C15H10FN3OS. The third kappa shape index (κ3) is 2.08. The Morgan fingerprint density at radius 1 is 1.19 bits per heavy atom. The van der Waals surface area contributed by atoms with Crippen molar-refractivity contribution in [3.05, 3.63) is 60.4 Å². The lowest BCUT2D eigenvalue weighted by molar-refractivity contribution is 0.616. The standard InChI is InChI=1S/C15H10FN3OS/c16-11-4-2-1-3-10(11)8-21-15-13-7-14-12(5-6-20-14)19(13)9-17-18-15/h1-7,9H,8H2. The number of furan rings is 1. The fourth-order valence-corrected chi connectivity index (χ4v) is 3.22. The zero-order valence-corrected chi connectivity index (χ0v) is 11.7. The second-order valence-corrected chi connectivity index (χ2v) is 5.55. The molecule has 6 heteroatoms. The van der Waals surface area contributed by atoms with Gasteiger partial charge in [-0.05, 0) is 11.6 Å². The topological polar surface area (TPSA) is 43.3 Å². The quantitative estimate of drug-likeness (QED) is 0.538. The smallest absolute Gasteiger partial charge is 0.152 e. The van der Waals surface area contributed by atoms with E-state index < -0.39 is 0 Å². The van der Waals surface area contributed by atoms with Crippen LogP contribution in [-0.2, 0) is 5.75 Å². The van der Waals surface area contributed by atoms with E-state index in [1.807, 2.05) is 22.6 Å². The van der Waals surface area contributed by atoms with Crippen LogP contribution in [0.4, 0.5) is 4.39 Å². The Hall–Kier alpha value is -2.34. The van der Waals surface area contributed by atoms with Gasteiger partial charge in [0.25, 0.3) is 0 Å². The van der Waals surface area contributed by atoms with E-state index in [4.69, 9.17) is 4.42 Å². The highest BCUT2D eigenvalue weighted by molar-refractivity contribution is 7.98. The second-order valence-electron chi connectivity index (χ2n) is 4.59. The molecule has 0 bridgehead atoms. The van der Waals surface area contributed by atoms with E-state index in [1.165, 1.54) is 17.8 Å². The maximum atomic E-state index is 13.7. The van der Waals surface area contributed by atoms with E-state index in [1.54, 1.807) is 24.7 Å². The van der Waals surface area contributed by atoms with Gasteiger partial charge in [-0.3, -0.25) is 4.40 Å². The van der Waals surface area contributed by atoms with Crippen LogP contribution < -0.4 is 0 Å². The fraction of sp³-hybridized carbons (Fsp3) is 0.0667. The monoisotopic (exact) mass is 299 g/mol. The van der Waals surface area contributed by atoms with Gasteiger partial charge in [-0.15, -0.1) is 10.2 Å². The lowest BCUT2D eigenvalue weighted by Gasteiger charge is -2.04. The van der Waals surface area contributed by atoms with Crippen LogP contribution in [-0.4, -0.2) is 14.6 Å². The van der Waals surface area contributed by atoms with Crippen molar-refractivity contribution in [2.75, 3.05) is 0 Å². The summed E-state index contributed by atoms with van der Waals surface area (Å²) in [6.07, 6.45) is 3.30. The van der Waals surface area contributed by atoms with Crippen LogP contribution >= 0.6 is 11.8 Å². The molecule has 0 saturated carbocycles. The van der Waals surface area contributed by atoms with Crippen LogP contribution in [0.5, 0.6) is 0 Å². The van der Waals surface area contributed by atoms with E-state index in [-0.39, 0.29) is 5.82 Å². The zero-order valence-electron chi connectivity index (χ0n) is 10.9. The average Bonchev–Trinajstić information content (AvgIpc) is 3.07. The van der Waals surface area contributed by atoms with Crippen LogP contribution in [0, 0.1) is 5.82 Å². The second kappa shape index (κ2) is 4.89. The van der Waals surface area contributed by atoms with E-state index in [2.05, 4.69) is 10.2 Å². The number of halogens is 1. The molecular weight excluding hydrogens is 289 g/mol. The van der Waals surface area contributed by atoms with Crippen molar-refractivity contribution >= 4 is 28.4 Å². The van der Waals surface area contributed by atoms with Crippen LogP contribution in [0.2, 0.25) is 0 Å². The number of hydrogen-bond donors (Lipinski definition) is 0. The molecule has 0 atom stereocenters. The molecule has 0 unspecified atom stereocenters. The Labute approximate surface area is 123 Å². The molecule has 21 heavy (non-hydrogen) atoms. The van der Waals surface area contributed by atoms with Gasteiger partial charge in [0.2, 0.25) is 0 Å². The van der Waals surface area contributed by atoms with Crippen molar-refractivity contribution in [2.24, 2.45) is 0 Å². The Kier molecular flexibility index (Phi) is 2.89. The highest BCUT2D eigenvalue weighted by Gasteiger charge is 2.11. The highest BCUT2D eigenvalue weighted by Crippen LogP contribution is 2.29. The third-order valence-corrected chi connectivity index (χ3v) is 4.34. The summed E-state index contributed by atoms with van der Waals surface area (Å²) >= 11 is 1.46. The van der Waals surface area contributed by atoms with E-state index >= 15 is 0 Å². The molecule has 4 aromatic rings. The predicted octanol–water partition coefficient (Wildman–Crippen LogP) is 3.91. The number of hydrogen-bond acceptors (Lipinski definition) is 4. The molecule has 3 heterocycles. The Balaban J connectivity index is 1.72. The summed E-state index contributed by atoms with van der Waals surface area (Å²) in [4.78, 5) is 0. The molecule has 104 valence electrons. The molecule has 4 nitrogen and oxygen atoms in total. The van der Waals surface area contributed by atoms with E-state index in [9.17, 15) is 4.39 Å². The summed E-state index contributed by atoms with van der Waals surface area (Å²) in [6.45, 7) is 0. The molecule has 3 aromatic heterocycles. The maximum absolute atomic E-state index is 13.7. The SMILES string of the molecule is Fc1ccccc1CSc1nncn2c1cc1occc12. The van der Waals surface area contributed by atoms with Gasteiger partial charge in [-0.2, -0.15) is 0 Å². The lowest BCUT2D eigenvalue weighted by Crippen LogP contribution is -1.94. The minimum absolute atomic E-state index is 0.200. The lowest BCUT2D eigenvalue weighted by atomic mass is 10.2. The molecule has 1 aromatic carbocycles. The van der Waals surface area contributed by atoms with Crippen molar-refractivity contribution in [3.8, 4) is 0 Å². The van der Waals surface area contributed by atoms with Crippen LogP contribution in [0.15, 0.2) is 58.4 Å². The van der Waals surface area contributed by atoms with Gasteiger partial charge in [0.1, 0.15) is 17.2 Å². The molecule has 0 amide bonds. The first-order valence-corrected chi connectivity index (χ1v) is 7.37. The minimum Gasteiger partial charge on any atom is -0.463 e. The van der Waals surface area contributed by atoms with Gasteiger partial charge in [0.05, 0.1) is 17.3 Å². The normalized spacial score (nSPS) is 11.5. The minimum atomic E-state index is -0.200. The number of aromatic nitrogens is 3. The largest absolute Gasteiger partial charge is 0.463 e. The fourth-order valence-electron chi connectivity index (χ4n) is 2.28. The molecule has 0 N–H and O–H groups in total. The molecule has 4 rings (SSSR count). The molecule has 0 fully saturated rings. The first-order chi connectivity index (χ1) is 10.3. The Bertz CT molecular complexity index is 931. The van der Waals surface area contributed by atoms with Gasteiger partial charge >= 0.3 is 0 Å². The average molecular weight is 299 g/mol. The Morgan fingerprint density at radius 2 is 2.10 bits per heavy atom. The molecule has 0 saturated heterocycles. The van der Waals surface area contributed by atoms with Gasteiger partial charge in [0, 0.05) is 17.9 Å². The number of nitrogens with zero attached hydrogens (tertiary/aromatic N) is 3. The first-order valence-electron chi connectivity index (χ1n) is 6.39. The number of benzene rings is 1. The first kappa shape index (κ1) is 12.4.